The van der Waals surface area contributed by atoms with E-state index in [2.05, 4.69) is 23.3 Å². The highest BCUT2D eigenvalue weighted by Crippen LogP contribution is 2.27. The number of hydrogen-bond acceptors (Lipinski definition) is 6. The summed E-state index contributed by atoms with van der Waals surface area (Å²) in [6.07, 6.45) is 0. The van der Waals surface area contributed by atoms with Gasteiger partial charge in [-0.25, -0.2) is 0 Å². The van der Waals surface area contributed by atoms with Gasteiger partial charge in [0.05, 0.1) is 5.08 Å². The smallest absolute Gasteiger partial charge is 0.0597 e. The minimum absolute atomic E-state index is 1.06. The van der Waals surface area contributed by atoms with Crippen LogP contribution in [0.5, 0.6) is 0 Å². The maximum Gasteiger partial charge on any atom is 0.0597 e. The monoisotopic (exact) mass is 236 g/mol. The van der Waals surface area contributed by atoms with Crippen LogP contribution in [0.2, 0.25) is 0 Å². The van der Waals surface area contributed by atoms with Crippen LogP contribution in [0.4, 0.5) is 0 Å². The molecule has 0 unspecified atom stereocenters. The van der Waals surface area contributed by atoms with E-state index >= 15 is 0 Å². The molecule has 0 aliphatic rings. The molecule has 0 nitrogen and oxygen atoms in total. The Bertz CT molecular complexity index is 41.6. The highest BCUT2D eigenvalue weighted by molar-refractivity contribution is 8.82. The van der Waals surface area contributed by atoms with E-state index in [1.165, 1.54) is 5.75 Å². The molecule has 0 aliphatic heterocycles. The maximum atomic E-state index is 4.02. The number of rotatable bonds is 6. The van der Waals surface area contributed by atoms with Crippen LogP contribution >= 0.6 is 66.5 Å². The van der Waals surface area contributed by atoms with Crippen molar-refractivity contribution in [2.45, 2.75) is 0 Å². The topological polar surface area (TPSA) is 0 Å². The lowest BCUT2D eigenvalue weighted by atomic mass is 11.0. The minimum atomic E-state index is 1.06. The van der Waals surface area contributed by atoms with Gasteiger partial charge < -0.3 is 0 Å². The average molecular weight is 236 g/mol. The van der Waals surface area contributed by atoms with Gasteiger partial charge in [-0.1, -0.05) is 43.2 Å². The molecule has 0 spiro atoms. The lowest BCUT2D eigenvalue weighted by molar-refractivity contribution is 1.58. The van der Waals surface area contributed by atoms with Gasteiger partial charge in [0.2, 0.25) is 0 Å². The van der Waals surface area contributed by atoms with Crippen molar-refractivity contribution in [1.29, 1.82) is 0 Å². The molecule has 0 saturated carbocycles. The van der Waals surface area contributed by atoms with E-state index in [0.717, 1.165) is 10.8 Å². The first-order valence-electron chi connectivity index (χ1n) is 2.19. The second kappa shape index (κ2) is 10.1. The molecule has 0 N–H and O–H groups in total. The van der Waals surface area contributed by atoms with Crippen molar-refractivity contribution in [3.8, 4) is 0 Å². The zero-order valence-corrected chi connectivity index (χ0v) is 9.70. The predicted octanol–water partition coefficient (Wildman–Crippen LogP) is 3.48. The van der Waals surface area contributed by atoms with E-state index in [1.807, 2.05) is 21.6 Å². The van der Waals surface area contributed by atoms with Gasteiger partial charge >= 0.3 is 0 Å². The van der Waals surface area contributed by atoms with Gasteiger partial charge in [-0.15, -0.1) is 23.3 Å². The van der Waals surface area contributed by atoms with Gasteiger partial charge in [0.1, 0.15) is 0 Å². The molecule has 0 amide bonds. The van der Waals surface area contributed by atoms with E-state index in [0.29, 0.717) is 0 Å². The lowest BCUT2D eigenvalue weighted by Crippen LogP contribution is -1.75. The minimum Gasteiger partial charge on any atom is -0.111 e. The molecule has 0 aromatic rings. The van der Waals surface area contributed by atoms with Crippen LogP contribution in [-0.2, 0) is 0 Å². The molecule has 0 saturated heterocycles. The van der Waals surface area contributed by atoms with Crippen molar-refractivity contribution in [3.05, 3.63) is 0 Å². The van der Waals surface area contributed by atoms with Gasteiger partial charge in [-0.05, 0) is 0 Å². The molecule has 0 fully saturated rings. The molecule has 0 radical (unpaired) electrons. The summed E-state index contributed by atoms with van der Waals surface area (Å²) in [5, 5.41) is 1.06. The van der Waals surface area contributed by atoms with Crippen molar-refractivity contribution >= 4 is 66.5 Å². The first-order valence-corrected chi connectivity index (χ1v) is 8.75. The Kier molecular flexibility index (Phi) is 12.5. The number of hydrogen-bond donors (Lipinski definition) is 2. The molecular formula is C3H8S6. The molecular weight excluding hydrogens is 228 g/mol. The molecule has 6 heteroatoms. The Morgan fingerprint density at radius 1 is 0.889 bits per heavy atom. The van der Waals surface area contributed by atoms with E-state index in [-0.39, 0.29) is 0 Å². The molecule has 9 heavy (non-hydrogen) atoms. The third kappa shape index (κ3) is 10.1. The first-order chi connectivity index (χ1) is 4.41. The van der Waals surface area contributed by atoms with Gasteiger partial charge in [0, 0.05) is 11.5 Å². The van der Waals surface area contributed by atoms with Crippen molar-refractivity contribution in [2.24, 2.45) is 0 Å². The maximum absolute atomic E-state index is 4.02. The van der Waals surface area contributed by atoms with Crippen LogP contribution in [0.3, 0.4) is 0 Å². The summed E-state index contributed by atoms with van der Waals surface area (Å²) >= 11 is 8.03. The van der Waals surface area contributed by atoms with Gasteiger partial charge in [-0.2, -0.15) is 0 Å². The second-order valence-corrected chi connectivity index (χ2v) is 6.73. The van der Waals surface area contributed by atoms with Crippen LogP contribution < -0.4 is 0 Å². The normalized spacial score (nSPS) is 10.0. The third-order valence-corrected chi connectivity index (χ3v) is 5.79. The standard InChI is InChI=1S/C3H8S6/c4-6-1-2-8-9-3-7-5/h4-5H,1-3H2. The van der Waals surface area contributed by atoms with Crippen molar-refractivity contribution in [2.75, 3.05) is 16.6 Å². The van der Waals surface area contributed by atoms with Gasteiger partial charge in [0.15, 0.2) is 0 Å². The fraction of sp³-hybridized carbons (Fsp3) is 1.00. The second-order valence-electron chi connectivity index (χ2n) is 1.02. The fourth-order valence-corrected chi connectivity index (χ4v) is 5.12. The van der Waals surface area contributed by atoms with E-state index < -0.39 is 0 Å². The Balaban J connectivity index is 2.60. The Hall–Kier alpha value is 2.10. The predicted molar refractivity (Wildman–Crippen MR) is 62.9 cm³/mol. The summed E-state index contributed by atoms with van der Waals surface area (Å²) < 4.78 is 0. The van der Waals surface area contributed by atoms with Gasteiger partial charge in [0.25, 0.3) is 0 Å². The summed E-state index contributed by atoms with van der Waals surface area (Å²) in [7, 11) is 6.89. The molecule has 0 bridgehead atoms. The molecule has 0 atom stereocenters. The van der Waals surface area contributed by atoms with Crippen LogP contribution in [0.25, 0.3) is 0 Å². The zero-order chi connectivity index (χ0) is 6.95. The average Bonchev–Trinajstić information content (AvgIpc) is 1.89. The quantitative estimate of drug-likeness (QED) is 0.313. The molecule has 0 rings (SSSR count). The summed E-state index contributed by atoms with van der Waals surface area (Å²) in [4.78, 5) is 0. The summed E-state index contributed by atoms with van der Waals surface area (Å²) in [6.45, 7) is 0. The van der Waals surface area contributed by atoms with Gasteiger partial charge in [-0.3, -0.25) is 0 Å². The van der Waals surface area contributed by atoms with E-state index in [1.54, 1.807) is 21.6 Å². The van der Waals surface area contributed by atoms with E-state index in [9.17, 15) is 0 Å². The van der Waals surface area contributed by atoms with E-state index in [4.69, 9.17) is 0 Å². The zero-order valence-electron chi connectivity index (χ0n) is 4.65. The summed E-state index contributed by atoms with van der Waals surface area (Å²) in [6, 6.07) is 0. The molecule has 56 valence electrons. The Morgan fingerprint density at radius 2 is 1.67 bits per heavy atom. The third-order valence-electron chi connectivity index (χ3n) is 0.442. The number of thiol groups is 2. The van der Waals surface area contributed by atoms with Crippen molar-refractivity contribution in [3.63, 3.8) is 0 Å². The van der Waals surface area contributed by atoms with Crippen LogP contribution in [0.1, 0.15) is 0 Å². The molecule has 0 aromatic heterocycles. The largest absolute Gasteiger partial charge is 0.111 e. The van der Waals surface area contributed by atoms with Crippen molar-refractivity contribution in [1.82, 2.24) is 0 Å². The first kappa shape index (κ1) is 11.1. The Labute approximate surface area is 82.5 Å². The summed E-state index contributed by atoms with van der Waals surface area (Å²) in [5.74, 6) is 2.30. The van der Waals surface area contributed by atoms with Crippen LogP contribution in [-0.4, -0.2) is 16.6 Å². The SMILES string of the molecule is SSCCSSCSS. The van der Waals surface area contributed by atoms with Crippen LogP contribution in [0, 0.1) is 0 Å². The molecule has 0 heterocycles. The van der Waals surface area contributed by atoms with Crippen molar-refractivity contribution < 1.29 is 0 Å². The fourth-order valence-electron chi connectivity index (χ4n) is 0.186. The molecule has 0 aromatic carbocycles. The summed E-state index contributed by atoms with van der Waals surface area (Å²) in [5.41, 5.74) is 0. The lowest BCUT2D eigenvalue weighted by Gasteiger charge is -1.94. The van der Waals surface area contributed by atoms with Crippen LogP contribution in [0.15, 0.2) is 0 Å². The Morgan fingerprint density at radius 3 is 2.22 bits per heavy atom. The highest BCUT2D eigenvalue weighted by Gasteiger charge is 1.87. The highest BCUT2D eigenvalue weighted by atomic mass is 33.1. The molecule has 0 aliphatic carbocycles.